The zero-order valence-electron chi connectivity index (χ0n) is 53.6. The van der Waals surface area contributed by atoms with E-state index in [-0.39, 0.29) is 95.9 Å². The predicted molar refractivity (Wildman–Crippen MR) is 345 cm³/mol. The molecule has 27 heteroatoms. The van der Waals surface area contributed by atoms with Gasteiger partial charge in [0.05, 0.1) is 61.7 Å². The third-order valence-electron chi connectivity index (χ3n) is 19.7. The van der Waals surface area contributed by atoms with Crippen LogP contribution in [-0.4, -0.2) is 154 Å². The summed E-state index contributed by atoms with van der Waals surface area (Å²) in [6.45, 7) is 10.5. The van der Waals surface area contributed by atoms with Gasteiger partial charge in [0.2, 0.25) is 13.6 Å². The molecule has 95 heavy (non-hydrogen) atoms. The lowest BCUT2D eigenvalue weighted by Gasteiger charge is -2.60. The summed E-state index contributed by atoms with van der Waals surface area (Å²) in [6.07, 6.45) is 4.93. The van der Waals surface area contributed by atoms with Gasteiger partial charge in [-0.3, -0.25) is 38.8 Å². The normalized spacial score (nSPS) is 23.7. The Morgan fingerprint density at radius 2 is 1.06 bits per heavy atom. The molecule has 14 rings (SSSR count). The summed E-state index contributed by atoms with van der Waals surface area (Å²) in [5.41, 5.74) is 16.4. The van der Waals surface area contributed by atoms with Crippen molar-refractivity contribution in [2.75, 3.05) is 55.0 Å². The first-order valence-electron chi connectivity index (χ1n) is 30.7. The number of nitrogens with two attached hydrogens (primary N) is 1. The molecule has 10 heterocycles. The lowest BCUT2D eigenvalue weighted by molar-refractivity contribution is -0.133. The zero-order valence-corrected chi connectivity index (χ0v) is 55.9. The number of rotatable bonds is 9. The molecule has 4 bridgehead atoms. The number of aryl methyl sites for hydroxylation is 2. The SMILES string of the molecule is COc1c(C)cc2c(c1O)[C@@H]1C3Cc4c(OC(C)=O)c(C)c5c(c4[C@H](CN)N3[C@@H](C#N)[C@H](C2)N1C)OCO5.COc1c(C)cc2c(c1O)[C@@H]1C3Cc4c(OC(C)=O)c(C)c5c(c4[C@H](CNC(=O)c4cccnc4Cl)N3[C@@H](C#N)[C@H](C2)N1C)OCO5.O=C(Cl)c1cccnc1Cl. The van der Waals surface area contributed by atoms with Gasteiger partial charge < -0.3 is 59.2 Å². The molecular weight excluding hydrogens is 1290 g/mol. The minimum atomic E-state index is -0.618. The van der Waals surface area contributed by atoms with Crippen LogP contribution < -0.4 is 48.9 Å². The summed E-state index contributed by atoms with van der Waals surface area (Å²) in [7, 11) is 7.07. The van der Waals surface area contributed by atoms with Crippen LogP contribution in [0.15, 0.2) is 48.8 Å². The van der Waals surface area contributed by atoms with Crippen LogP contribution in [0.2, 0.25) is 10.3 Å². The lowest BCUT2D eigenvalue weighted by Crippen LogP contribution is -2.68. The number of likely N-dealkylation sites (N-methyl/N-ethyl adjacent to an activating group) is 2. The Hall–Kier alpha value is -8.69. The Morgan fingerprint density at radius 1 is 0.642 bits per heavy atom. The number of benzene rings is 4. The second kappa shape index (κ2) is 26.1. The first-order chi connectivity index (χ1) is 45.5. The van der Waals surface area contributed by atoms with E-state index >= 15 is 0 Å². The van der Waals surface area contributed by atoms with Crippen molar-refractivity contribution in [1.82, 2.24) is 34.9 Å². The maximum atomic E-state index is 13.5. The minimum Gasteiger partial charge on any atom is -0.504 e. The van der Waals surface area contributed by atoms with Crippen molar-refractivity contribution in [1.29, 1.82) is 10.5 Å². The molecule has 5 N–H and O–H groups in total. The molecule has 0 spiro atoms. The van der Waals surface area contributed by atoms with Gasteiger partial charge >= 0.3 is 11.9 Å². The van der Waals surface area contributed by atoms with Crippen molar-refractivity contribution >= 4 is 57.9 Å². The molecule has 1 amide bonds. The second-order valence-electron chi connectivity index (χ2n) is 24.6. The smallest absolute Gasteiger partial charge is 0.308 e. The summed E-state index contributed by atoms with van der Waals surface area (Å²) < 4.78 is 46.6. The maximum absolute atomic E-state index is 13.5. The van der Waals surface area contributed by atoms with Crippen LogP contribution in [-0.2, 0) is 35.3 Å². The van der Waals surface area contributed by atoms with Gasteiger partial charge in [0.25, 0.3) is 11.1 Å². The summed E-state index contributed by atoms with van der Waals surface area (Å²) in [4.78, 5) is 65.1. The highest BCUT2D eigenvalue weighted by Gasteiger charge is 2.59. The number of hydrogen-bond donors (Lipinski definition) is 4. The number of methoxy groups -OCH3 is 2. The molecule has 0 radical (unpaired) electrons. The number of aromatic hydroxyl groups is 2. The topological polar surface area (TPSA) is 307 Å². The fourth-order valence-electron chi connectivity index (χ4n) is 16.0. The predicted octanol–water partition coefficient (Wildman–Crippen LogP) is 8.44. The van der Waals surface area contributed by atoms with E-state index in [0.29, 0.717) is 88.4 Å². The molecule has 2 fully saturated rings. The molecule has 24 nitrogen and oxygen atoms in total. The Bertz CT molecular complexity index is 4280. The summed E-state index contributed by atoms with van der Waals surface area (Å²) in [5.74, 6) is 2.60. The number of fused-ring (bicyclic) bond motifs is 18. The van der Waals surface area contributed by atoms with Gasteiger partial charge in [-0.15, -0.1) is 0 Å². The van der Waals surface area contributed by atoms with E-state index < -0.39 is 47.3 Å². The number of phenolic OH excluding ortho intramolecular Hbond substituents is 2. The van der Waals surface area contributed by atoms with Crippen LogP contribution in [0.25, 0.3) is 0 Å². The van der Waals surface area contributed by atoms with Gasteiger partial charge in [0, 0.05) is 108 Å². The molecule has 0 aliphatic carbocycles. The monoisotopic (exact) mass is 1350 g/mol. The van der Waals surface area contributed by atoms with Crippen LogP contribution in [0.5, 0.6) is 57.5 Å². The number of pyridine rings is 2. The van der Waals surface area contributed by atoms with E-state index in [1.165, 1.54) is 39.4 Å². The molecule has 0 saturated carbocycles. The third kappa shape index (κ3) is 11.0. The standard InChI is InChI=1S/C34H34ClN5O7.C28H32N4O6.C6H3Cl2NO/c1-15-9-18-10-21-23(12-36)40-22(27(39(21)4)25(18)28(42)29(15)44-5)11-20-26(24(40)13-38-34(43)19-7-6-8-37-33(19)35)32-31(45-14-46-32)16(2)30(20)47-17(3)41;1-12-6-15-7-17-19(9-29)32-18(23(31(17)4)21(15)24(34)25(12)35-5)8-16-22(20(32)10-30)28-27(36-11-37-28)13(2)26(16)38-14(3)33;7-5-4(6(8)10)2-1-3-9-5/h6-9,21-24,27,42H,10-11,13-14H2,1-5H3,(H,38,43);6,17-20,23,34H,7-8,10-11,30H2,1-5H3;1-3H/t21-,22?,23-,24-,27-;17-,18?,19-,20-,23-;/m00./s1. The lowest BCUT2D eigenvalue weighted by atomic mass is 9.71. The minimum absolute atomic E-state index is 0.0317. The van der Waals surface area contributed by atoms with Crippen molar-refractivity contribution in [3.05, 3.63) is 137 Å². The fourth-order valence-corrected chi connectivity index (χ4v) is 16.6. The number of piperazine rings is 2. The Balaban J connectivity index is 0.000000161. The quantitative estimate of drug-likeness (QED) is 0.0456. The third-order valence-corrected chi connectivity index (χ3v) is 20.5. The highest BCUT2D eigenvalue weighted by atomic mass is 35.5. The molecule has 4 aromatic carbocycles. The van der Waals surface area contributed by atoms with E-state index in [9.17, 15) is 39.9 Å². The van der Waals surface area contributed by atoms with Crippen LogP contribution >= 0.6 is 34.8 Å². The Labute approximate surface area is 562 Å². The van der Waals surface area contributed by atoms with Crippen LogP contribution in [0.4, 0.5) is 0 Å². The van der Waals surface area contributed by atoms with E-state index in [0.717, 1.165) is 50.1 Å². The number of carbonyl (C=O) groups excluding carboxylic acids is 4. The Kier molecular flexibility index (Phi) is 18.3. The molecule has 6 aromatic rings. The average Bonchev–Trinajstić information content (AvgIpc) is 1.31. The van der Waals surface area contributed by atoms with Gasteiger partial charge in [0.15, 0.2) is 46.0 Å². The molecule has 8 aliphatic heterocycles. The fraction of sp³-hybridized carbons (Fsp3) is 0.412. The molecule has 2 saturated heterocycles. The van der Waals surface area contributed by atoms with Gasteiger partial charge in [-0.05, 0) is 126 Å². The number of phenols is 2. The number of carbonyl (C=O) groups is 4. The number of hydrogen-bond acceptors (Lipinski definition) is 23. The van der Waals surface area contributed by atoms with Gasteiger partial charge in [-0.25, -0.2) is 9.97 Å². The number of ether oxygens (including phenoxy) is 8. The second-order valence-corrected chi connectivity index (χ2v) is 25.6. The number of aromatic nitrogens is 2. The molecule has 10 atom stereocenters. The summed E-state index contributed by atoms with van der Waals surface area (Å²) in [6, 6.07) is 11.9. The maximum Gasteiger partial charge on any atom is 0.308 e. The first-order valence-corrected chi connectivity index (χ1v) is 31.9. The number of esters is 2. The molecule has 2 aromatic heterocycles. The Morgan fingerprint density at radius 3 is 1.45 bits per heavy atom. The van der Waals surface area contributed by atoms with Gasteiger partial charge in [0.1, 0.15) is 33.9 Å². The van der Waals surface area contributed by atoms with E-state index in [1.54, 1.807) is 25.3 Å². The van der Waals surface area contributed by atoms with E-state index in [1.807, 2.05) is 47.9 Å². The van der Waals surface area contributed by atoms with E-state index in [2.05, 4.69) is 53.1 Å². The van der Waals surface area contributed by atoms with Crippen molar-refractivity contribution in [2.45, 2.75) is 128 Å². The number of nitrogens with zero attached hydrogens (tertiary/aromatic N) is 8. The molecule has 8 aliphatic rings. The molecular formula is C68H69Cl3N10O14. The van der Waals surface area contributed by atoms with E-state index in [4.69, 9.17) is 78.4 Å². The van der Waals surface area contributed by atoms with Crippen molar-refractivity contribution < 1.29 is 67.3 Å². The van der Waals surface area contributed by atoms with Crippen molar-refractivity contribution in [3.63, 3.8) is 0 Å². The summed E-state index contributed by atoms with van der Waals surface area (Å²) >= 11 is 16.9. The highest BCUT2D eigenvalue weighted by Crippen LogP contribution is 2.61. The number of halogens is 3. The van der Waals surface area contributed by atoms with Gasteiger partial charge in [-0.2, -0.15) is 10.5 Å². The van der Waals surface area contributed by atoms with Crippen LogP contribution in [0.1, 0.15) is 125 Å². The van der Waals surface area contributed by atoms with Crippen molar-refractivity contribution in [3.8, 4) is 69.6 Å². The van der Waals surface area contributed by atoms with Crippen LogP contribution in [0.3, 0.4) is 0 Å². The average molecular weight is 1360 g/mol. The number of nitriles is 2. The summed E-state index contributed by atoms with van der Waals surface area (Å²) in [5, 5.41) is 47.1. The zero-order chi connectivity index (χ0) is 67.9. The highest BCUT2D eigenvalue weighted by molar-refractivity contribution is 6.68. The van der Waals surface area contributed by atoms with Crippen molar-refractivity contribution in [2.24, 2.45) is 5.73 Å². The number of nitrogens with one attached hydrogen (secondary N) is 1. The van der Waals surface area contributed by atoms with Gasteiger partial charge in [-0.1, -0.05) is 35.3 Å². The first kappa shape index (κ1) is 66.3. The number of amides is 1. The van der Waals surface area contributed by atoms with Crippen LogP contribution in [0, 0.1) is 50.4 Å². The molecule has 496 valence electrons. The molecule has 2 unspecified atom stereocenters. The largest absolute Gasteiger partial charge is 0.504 e.